The number of aliphatic hydroxyl groups excluding tert-OH is 2. The van der Waals surface area contributed by atoms with Gasteiger partial charge in [0.25, 0.3) is 0 Å². The molecule has 1 unspecified atom stereocenters. The maximum absolute atomic E-state index is 12.2. The highest BCUT2D eigenvalue weighted by Gasteiger charge is 2.85. The fraction of sp³-hybridized carbons (Fsp3) is 0.955. The van der Waals surface area contributed by atoms with Gasteiger partial charge in [-0.3, -0.25) is 4.79 Å². The highest BCUT2D eigenvalue weighted by atomic mass is 16.6. The van der Waals surface area contributed by atoms with Crippen LogP contribution in [0.3, 0.4) is 0 Å². The van der Waals surface area contributed by atoms with Gasteiger partial charge in [-0.15, -0.1) is 0 Å². The second kappa shape index (κ2) is 5.58. The topological polar surface area (TPSA) is 140 Å². The number of epoxide rings is 1. The van der Waals surface area contributed by atoms with Crippen LogP contribution in [0.5, 0.6) is 0 Å². The predicted molar refractivity (Wildman–Crippen MR) is 103 cm³/mol. The lowest BCUT2D eigenvalue weighted by atomic mass is 9.56. The average Bonchev–Trinajstić information content (AvgIpc) is 3.34. The molecule has 12 atom stereocenters. The summed E-state index contributed by atoms with van der Waals surface area (Å²) in [7, 11) is 0. The first-order valence-corrected chi connectivity index (χ1v) is 11.0. The molecule has 4 aliphatic carbocycles. The molecule has 8 nitrogen and oxygen atoms in total. The van der Waals surface area contributed by atoms with E-state index in [-0.39, 0.29) is 12.5 Å². The molecule has 5 N–H and O–H groups in total. The highest BCUT2D eigenvalue weighted by molar-refractivity contribution is 5.66. The quantitative estimate of drug-likeness (QED) is 0.285. The van der Waals surface area contributed by atoms with Gasteiger partial charge in [0, 0.05) is 29.6 Å². The van der Waals surface area contributed by atoms with Crippen LogP contribution >= 0.6 is 0 Å². The van der Waals surface area contributed by atoms with Gasteiger partial charge < -0.3 is 35.0 Å². The Labute approximate surface area is 176 Å². The minimum atomic E-state index is -1.77. The first-order chi connectivity index (χ1) is 13.6. The summed E-state index contributed by atoms with van der Waals surface area (Å²) in [5, 5.41) is 58.5. The number of esters is 1. The molecule has 1 aliphatic heterocycles. The molecule has 0 radical (unpaired) electrons. The number of carbonyl (C=O) groups excluding carboxylic acids is 1. The van der Waals surface area contributed by atoms with Crippen molar-refractivity contribution in [2.45, 2.75) is 101 Å². The van der Waals surface area contributed by atoms with Crippen LogP contribution in [0.15, 0.2) is 0 Å². The number of ether oxygens (including phenoxy) is 2. The third-order valence-electron chi connectivity index (χ3n) is 9.78. The van der Waals surface area contributed by atoms with Gasteiger partial charge in [-0.1, -0.05) is 13.8 Å². The van der Waals surface area contributed by atoms with Crippen molar-refractivity contribution in [3.05, 3.63) is 0 Å². The average molecular weight is 427 g/mol. The maximum atomic E-state index is 12.2. The van der Waals surface area contributed by atoms with Gasteiger partial charge in [0.1, 0.15) is 11.7 Å². The monoisotopic (exact) mass is 426 g/mol. The Morgan fingerprint density at radius 3 is 2.27 bits per heavy atom. The molecule has 5 aliphatic rings. The normalized spacial score (nSPS) is 62.7. The van der Waals surface area contributed by atoms with E-state index in [0.717, 1.165) is 0 Å². The molecule has 0 amide bonds. The summed E-state index contributed by atoms with van der Waals surface area (Å²) < 4.78 is 11.5. The SMILES string of the molecule is CC(=O)O[C@@H]1[C@@H](O)[C@]23C[C@@](C)(O)C(CC[C@H]2[C@@](C)(O)[C@@H]2[C@@H]4O[C@@H]4C(C)(C)[C@@]12O)[C@@H]3O. The van der Waals surface area contributed by atoms with Crippen LogP contribution in [0.25, 0.3) is 0 Å². The van der Waals surface area contributed by atoms with E-state index in [0.29, 0.717) is 12.8 Å². The van der Waals surface area contributed by atoms with Gasteiger partial charge in [0.05, 0.1) is 29.5 Å². The zero-order valence-corrected chi connectivity index (χ0v) is 18.2. The second-order valence-electron chi connectivity index (χ2n) is 11.6. The Bertz CT molecular complexity index is 792. The number of aliphatic hydroxyl groups is 5. The maximum Gasteiger partial charge on any atom is 0.303 e. The third-order valence-corrected chi connectivity index (χ3v) is 9.78. The smallest absolute Gasteiger partial charge is 0.303 e. The number of rotatable bonds is 1. The molecule has 1 spiro atoms. The summed E-state index contributed by atoms with van der Waals surface area (Å²) in [4.78, 5) is 12.1. The summed E-state index contributed by atoms with van der Waals surface area (Å²) in [6, 6.07) is 0. The van der Waals surface area contributed by atoms with Gasteiger partial charge in [-0.05, 0) is 39.0 Å². The molecule has 4 saturated carbocycles. The molecule has 1 heterocycles. The van der Waals surface area contributed by atoms with Gasteiger partial charge >= 0.3 is 5.97 Å². The van der Waals surface area contributed by atoms with E-state index >= 15 is 0 Å². The first-order valence-electron chi connectivity index (χ1n) is 11.0. The van der Waals surface area contributed by atoms with Gasteiger partial charge in [-0.25, -0.2) is 0 Å². The molecule has 5 rings (SSSR count). The lowest BCUT2D eigenvalue weighted by molar-refractivity contribution is -0.243. The zero-order valence-electron chi connectivity index (χ0n) is 18.2. The summed E-state index contributed by atoms with van der Waals surface area (Å²) in [6.07, 6.45) is -3.69. The van der Waals surface area contributed by atoms with E-state index in [4.69, 9.17) is 9.47 Å². The Morgan fingerprint density at radius 1 is 1.03 bits per heavy atom. The Kier molecular flexibility index (Phi) is 3.93. The van der Waals surface area contributed by atoms with E-state index in [1.54, 1.807) is 27.7 Å². The highest BCUT2D eigenvalue weighted by Crippen LogP contribution is 2.73. The number of hydrogen-bond donors (Lipinski definition) is 5. The third kappa shape index (κ3) is 2.07. The van der Waals surface area contributed by atoms with Crippen LogP contribution in [0, 0.1) is 28.6 Å². The minimum absolute atomic E-state index is 0.0454. The molecule has 0 aromatic rings. The van der Waals surface area contributed by atoms with Crippen LogP contribution < -0.4 is 0 Å². The summed E-state index contributed by atoms with van der Waals surface area (Å²) in [6.45, 7) is 8.09. The van der Waals surface area contributed by atoms with Gasteiger partial charge in [-0.2, -0.15) is 0 Å². The van der Waals surface area contributed by atoms with Crippen LogP contribution in [0.1, 0.15) is 53.9 Å². The fourth-order valence-electron chi connectivity index (χ4n) is 8.54. The summed E-state index contributed by atoms with van der Waals surface area (Å²) >= 11 is 0. The van der Waals surface area contributed by atoms with Crippen molar-refractivity contribution in [1.29, 1.82) is 0 Å². The van der Waals surface area contributed by atoms with Gasteiger partial charge in [0.15, 0.2) is 6.10 Å². The van der Waals surface area contributed by atoms with Crippen molar-refractivity contribution in [1.82, 2.24) is 0 Å². The molecule has 2 bridgehead atoms. The Balaban J connectivity index is 1.76. The van der Waals surface area contributed by atoms with Crippen molar-refractivity contribution in [3.63, 3.8) is 0 Å². The largest absolute Gasteiger partial charge is 0.457 e. The molecule has 8 heteroatoms. The van der Waals surface area contributed by atoms with E-state index < -0.39 is 75.8 Å². The van der Waals surface area contributed by atoms with Crippen LogP contribution in [-0.2, 0) is 14.3 Å². The molecular weight excluding hydrogens is 392 g/mol. The molecular formula is C22H34O8. The van der Waals surface area contributed by atoms with Crippen LogP contribution in [0.4, 0.5) is 0 Å². The number of hydrogen-bond acceptors (Lipinski definition) is 8. The lowest BCUT2D eigenvalue weighted by Crippen LogP contribution is -2.65. The number of carbonyl (C=O) groups is 1. The molecule has 5 fully saturated rings. The zero-order chi connectivity index (χ0) is 22.2. The Hall–Kier alpha value is -0.770. The van der Waals surface area contributed by atoms with Crippen LogP contribution in [-0.4, -0.2) is 78.8 Å². The standard InChI is InChI=1S/C22H34O8/c1-9(23)29-17-15(25)21-8-19(4,26)10(14(21)24)6-7-11(21)20(5,27)13-12-16(30-12)18(2,3)22(13,17)28/h10-17,24-28H,6-8H2,1-5H3/t10?,11-,12-,13-,14-,15+,16-,17+,19+,20+,21+,22-/m0/s1. The lowest BCUT2D eigenvalue weighted by Gasteiger charge is -2.52. The predicted octanol–water partition coefficient (Wildman–Crippen LogP) is -0.274. The molecule has 170 valence electrons. The van der Waals surface area contributed by atoms with E-state index in [1.807, 2.05) is 0 Å². The van der Waals surface area contributed by atoms with Crippen molar-refractivity contribution >= 4 is 5.97 Å². The minimum Gasteiger partial charge on any atom is -0.457 e. The van der Waals surface area contributed by atoms with Gasteiger partial charge in [0.2, 0.25) is 0 Å². The van der Waals surface area contributed by atoms with E-state index in [1.165, 1.54) is 6.92 Å². The molecule has 0 aromatic carbocycles. The molecule has 0 aromatic heterocycles. The summed E-state index contributed by atoms with van der Waals surface area (Å²) in [5.74, 6) is -2.56. The van der Waals surface area contributed by atoms with Crippen molar-refractivity contribution in [3.8, 4) is 0 Å². The first kappa shape index (κ1) is 21.1. The fourth-order valence-corrected chi connectivity index (χ4v) is 8.54. The second-order valence-corrected chi connectivity index (χ2v) is 11.6. The van der Waals surface area contributed by atoms with Crippen LogP contribution in [0.2, 0.25) is 0 Å². The van der Waals surface area contributed by atoms with Crippen molar-refractivity contribution in [2.24, 2.45) is 28.6 Å². The van der Waals surface area contributed by atoms with E-state index in [9.17, 15) is 30.3 Å². The van der Waals surface area contributed by atoms with Crippen molar-refractivity contribution in [2.75, 3.05) is 0 Å². The summed E-state index contributed by atoms with van der Waals surface area (Å²) in [5.41, 5.74) is -6.78. The van der Waals surface area contributed by atoms with E-state index in [2.05, 4.69) is 0 Å². The van der Waals surface area contributed by atoms with Crippen molar-refractivity contribution < 1.29 is 39.8 Å². The molecule has 30 heavy (non-hydrogen) atoms. The number of fused-ring (bicyclic) bond motifs is 4. The Morgan fingerprint density at radius 2 is 1.67 bits per heavy atom. The molecule has 1 saturated heterocycles.